The molecule has 0 aliphatic heterocycles. The number of benzene rings is 2. The van der Waals surface area contributed by atoms with Gasteiger partial charge in [0.1, 0.15) is 11.5 Å². The van der Waals surface area contributed by atoms with Gasteiger partial charge in [0.2, 0.25) is 0 Å². The topological polar surface area (TPSA) is 47.6 Å². The summed E-state index contributed by atoms with van der Waals surface area (Å²) < 4.78 is 11.0. The third kappa shape index (κ3) is 5.25. The van der Waals surface area contributed by atoms with Gasteiger partial charge in [-0.05, 0) is 54.2 Å². The van der Waals surface area contributed by atoms with Crippen LogP contribution in [0.5, 0.6) is 11.5 Å². The Balaban J connectivity index is 2.05. The van der Waals surface area contributed by atoms with E-state index in [4.69, 9.17) is 9.47 Å². The quantitative estimate of drug-likeness (QED) is 0.694. The van der Waals surface area contributed by atoms with Gasteiger partial charge in [0.25, 0.3) is 5.91 Å². The lowest BCUT2D eigenvalue weighted by Gasteiger charge is -2.20. The highest BCUT2D eigenvalue weighted by Crippen LogP contribution is 2.32. The highest BCUT2D eigenvalue weighted by atomic mass is 16.5. The van der Waals surface area contributed by atoms with E-state index < -0.39 is 0 Å². The lowest BCUT2D eigenvalue weighted by atomic mass is 9.92. The van der Waals surface area contributed by atoms with E-state index >= 15 is 0 Å². The second-order valence-electron chi connectivity index (χ2n) is 6.86. The first-order valence-corrected chi connectivity index (χ1v) is 9.20. The van der Waals surface area contributed by atoms with Crippen molar-refractivity contribution in [1.82, 2.24) is 0 Å². The van der Waals surface area contributed by atoms with E-state index in [0.29, 0.717) is 24.2 Å². The predicted octanol–water partition coefficient (Wildman–Crippen LogP) is 5.35. The van der Waals surface area contributed by atoms with Crippen molar-refractivity contribution in [2.75, 3.05) is 18.5 Å². The second-order valence-corrected chi connectivity index (χ2v) is 6.86. The van der Waals surface area contributed by atoms with Crippen molar-refractivity contribution in [2.45, 2.75) is 46.5 Å². The summed E-state index contributed by atoms with van der Waals surface area (Å²) in [6.45, 7) is 11.1. The SMILES string of the molecule is CCOc1ccc(OCC(=O)Nc2c(C(C)C)cccc2C(C)C)cc1. The second kappa shape index (κ2) is 9.27. The zero-order chi connectivity index (χ0) is 19.1. The molecule has 2 aromatic carbocycles. The Morgan fingerprint density at radius 1 is 0.885 bits per heavy atom. The lowest BCUT2D eigenvalue weighted by Crippen LogP contribution is -2.22. The van der Waals surface area contributed by atoms with Gasteiger partial charge in [0.05, 0.1) is 6.61 Å². The van der Waals surface area contributed by atoms with Crippen LogP contribution >= 0.6 is 0 Å². The van der Waals surface area contributed by atoms with Gasteiger partial charge in [-0.25, -0.2) is 0 Å². The molecule has 0 aromatic heterocycles. The number of hydrogen-bond acceptors (Lipinski definition) is 3. The molecule has 0 fully saturated rings. The van der Waals surface area contributed by atoms with Gasteiger partial charge >= 0.3 is 0 Å². The maximum absolute atomic E-state index is 12.4. The molecule has 4 heteroatoms. The van der Waals surface area contributed by atoms with E-state index in [9.17, 15) is 4.79 Å². The van der Waals surface area contributed by atoms with Crippen LogP contribution < -0.4 is 14.8 Å². The number of rotatable bonds is 8. The molecule has 0 aliphatic carbocycles. The minimum absolute atomic E-state index is 0.0298. The van der Waals surface area contributed by atoms with Crippen molar-refractivity contribution < 1.29 is 14.3 Å². The van der Waals surface area contributed by atoms with Crippen LogP contribution in [0.2, 0.25) is 0 Å². The first-order valence-electron chi connectivity index (χ1n) is 9.20. The predicted molar refractivity (Wildman–Crippen MR) is 106 cm³/mol. The van der Waals surface area contributed by atoms with Gasteiger partial charge in [-0.15, -0.1) is 0 Å². The first-order chi connectivity index (χ1) is 12.4. The number of amides is 1. The van der Waals surface area contributed by atoms with E-state index in [1.54, 1.807) is 12.1 Å². The number of para-hydroxylation sites is 1. The fraction of sp³-hybridized carbons (Fsp3) is 0.409. The van der Waals surface area contributed by atoms with Gasteiger partial charge in [-0.1, -0.05) is 45.9 Å². The molecular formula is C22H29NO3. The van der Waals surface area contributed by atoms with Crippen LogP contribution in [0.4, 0.5) is 5.69 Å². The molecule has 0 aliphatic rings. The molecule has 1 amide bonds. The Bertz CT molecular complexity index is 694. The van der Waals surface area contributed by atoms with Gasteiger partial charge in [-0.3, -0.25) is 4.79 Å². The summed E-state index contributed by atoms with van der Waals surface area (Å²) in [5, 5.41) is 3.06. The van der Waals surface area contributed by atoms with Crippen LogP contribution in [0.25, 0.3) is 0 Å². The van der Waals surface area contributed by atoms with Crippen LogP contribution in [-0.2, 0) is 4.79 Å². The van der Waals surface area contributed by atoms with Crippen molar-refractivity contribution in [3.63, 3.8) is 0 Å². The van der Waals surface area contributed by atoms with Gasteiger partial charge in [0.15, 0.2) is 6.61 Å². The van der Waals surface area contributed by atoms with E-state index in [1.807, 2.05) is 19.1 Å². The fourth-order valence-electron chi connectivity index (χ4n) is 2.82. The summed E-state index contributed by atoms with van der Waals surface area (Å²) in [4.78, 5) is 12.4. The highest BCUT2D eigenvalue weighted by molar-refractivity contribution is 5.93. The third-order valence-corrected chi connectivity index (χ3v) is 4.14. The van der Waals surface area contributed by atoms with Crippen molar-refractivity contribution in [2.24, 2.45) is 0 Å². The molecule has 26 heavy (non-hydrogen) atoms. The molecule has 0 saturated carbocycles. The summed E-state index contributed by atoms with van der Waals surface area (Å²) >= 11 is 0. The molecule has 2 rings (SSSR count). The largest absolute Gasteiger partial charge is 0.494 e. The normalized spacial score (nSPS) is 10.9. The Morgan fingerprint density at radius 3 is 1.85 bits per heavy atom. The monoisotopic (exact) mass is 355 g/mol. The number of hydrogen-bond donors (Lipinski definition) is 1. The Labute approximate surface area is 156 Å². The van der Waals surface area contributed by atoms with Crippen LogP contribution in [-0.4, -0.2) is 19.1 Å². The molecule has 0 heterocycles. The molecule has 0 unspecified atom stereocenters. The molecule has 0 spiro atoms. The van der Waals surface area contributed by atoms with Gasteiger partial charge in [0, 0.05) is 5.69 Å². The van der Waals surface area contributed by atoms with Crippen LogP contribution in [0, 0.1) is 0 Å². The molecule has 0 radical (unpaired) electrons. The van der Waals surface area contributed by atoms with E-state index in [-0.39, 0.29) is 12.5 Å². The number of carbonyl (C=O) groups is 1. The van der Waals surface area contributed by atoms with E-state index in [2.05, 4.69) is 51.2 Å². The van der Waals surface area contributed by atoms with Crippen LogP contribution in [0.3, 0.4) is 0 Å². The molecular weight excluding hydrogens is 326 g/mol. The summed E-state index contributed by atoms with van der Waals surface area (Å²) in [5.41, 5.74) is 3.20. The summed E-state index contributed by atoms with van der Waals surface area (Å²) in [6, 6.07) is 13.5. The summed E-state index contributed by atoms with van der Waals surface area (Å²) in [5.74, 6) is 1.93. The van der Waals surface area contributed by atoms with Crippen molar-refractivity contribution >= 4 is 11.6 Å². The van der Waals surface area contributed by atoms with Crippen LogP contribution in [0.15, 0.2) is 42.5 Å². The number of anilines is 1. The number of nitrogens with one attached hydrogen (secondary N) is 1. The number of ether oxygens (including phenoxy) is 2. The zero-order valence-corrected chi connectivity index (χ0v) is 16.3. The van der Waals surface area contributed by atoms with Gasteiger partial charge < -0.3 is 14.8 Å². The Kier molecular flexibility index (Phi) is 7.07. The average molecular weight is 355 g/mol. The average Bonchev–Trinajstić information content (AvgIpc) is 2.61. The molecule has 0 saturated heterocycles. The van der Waals surface area contributed by atoms with Gasteiger partial charge in [-0.2, -0.15) is 0 Å². The summed E-state index contributed by atoms with van der Waals surface area (Å²) in [7, 11) is 0. The fourth-order valence-corrected chi connectivity index (χ4v) is 2.82. The maximum atomic E-state index is 12.4. The Hall–Kier alpha value is -2.49. The minimum Gasteiger partial charge on any atom is -0.494 e. The van der Waals surface area contributed by atoms with Crippen molar-refractivity contribution in [3.8, 4) is 11.5 Å². The maximum Gasteiger partial charge on any atom is 0.262 e. The van der Waals surface area contributed by atoms with Crippen molar-refractivity contribution in [1.29, 1.82) is 0 Å². The third-order valence-electron chi connectivity index (χ3n) is 4.14. The minimum atomic E-state index is -0.158. The van der Waals surface area contributed by atoms with Crippen LogP contribution in [0.1, 0.15) is 57.6 Å². The standard InChI is InChI=1S/C22H29NO3/c1-6-25-17-10-12-18(13-11-17)26-14-21(24)23-22-19(15(2)3)8-7-9-20(22)16(4)5/h7-13,15-16H,6,14H2,1-5H3,(H,23,24). The summed E-state index contributed by atoms with van der Waals surface area (Å²) in [6.07, 6.45) is 0. The highest BCUT2D eigenvalue weighted by Gasteiger charge is 2.16. The number of carbonyl (C=O) groups excluding carboxylic acids is 1. The molecule has 0 atom stereocenters. The lowest BCUT2D eigenvalue weighted by molar-refractivity contribution is -0.118. The Morgan fingerprint density at radius 2 is 1.38 bits per heavy atom. The molecule has 140 valence electrons. The smallest absolute Gasteiger partial charge is 0.262 e. The molecule has 1 N–H and O–H groups in total. The molecule has 4 nitrogen and oxygen atoms in total. The van der Waals surface area contributed by atoms with E-state index in [1.165, 1.54) is 0 Å². The first kappa shape index (κ1) is 19.8. The molecule has 0 bridgehead atoms. The van der Waals surface area contributed by atoms with E-state index in [0.717, 1.165) is 22.6 Å². The molecule has 2 aromatic rings. The zero-order valence-electron chi connectivity index (χ0n) is 16.3. The van der Waals surface area contributed by atoms with Crippen molar-refractivity contribution in [3.05, 3.63) is 53.6 Å².